The molecule has 0 aliphatic heterocycles. The highest BCUT2D eigenvalue weighted by molar-refractivity contribution is 8.01. The Morgan fingerprint density at radius 1 is 1.15 bits per heavy atom. The van der Waals surface area contributed by atoms with Crippen LogP contribution in [-0.4, -0.2) is 56.0 Å². The van der Waals surface area contributed by atoms with Gasteiger partial charge in [0.05, 0.1) is 22.3 Å². The van der Waals surface area contributed by atoms with Crippen LogP contribution in [0, 0.1) is 0 Å². The van der Waals surface area contributed by atoms with Gasteiger partial charge in [0.2, 0.25) is 0 Å². The first-order valence-electron chi connectivity index (χ1n) is 9.60. The molecule has 0 unspecified atom stereocenters. The molecule has 7 nitrogen and oxygen atoms in total. The van der Waals surface area contributed by atoms with Crippen molar-refractivity contribution >= 4 is 40.2 Å². The van der Waals surface area contributed by atoms with Crippen LogP contribution in [-0.2, 0) is 4.79 Å². The molecule has 1 heterocycles. The van der Waals surface area contributed by atoms with Crippen LogP contribution in [0.1, 0.15) is 57.8 Å². The number of carboxylic acids is 1. The molecule has 2 amide bonds. The van der Waals surface area contributed by atoms with E-state index >= 15 is 0 Å². The number of thiazole rings is 1. The van der Waals surface area contributed by atoms with Crippen LogP contribution in [0.15, 0.2) is 10.4 Å². The molecule has 2 aliphatic rings. The molecular weight excluding hydrogens is 386 g/mol. The number of thioether (sulfide) groups is 1. The number of aromatic nitrogens is 1. The van der Waals surface area contributed by atoms with Crippen LogP contribution in [0.2, 0.25) is 0 Å². The molecule has 2 saturated carbocycles. The van der Waals surface area contributed by atoms with Gasteiger partial charge in [-0.2, -0.15) is 0 Å². The van der Waals surface area contributed by atoms with Gasteiger partial charge in [-0.15, -0.1) is 11.8 Å². The van der Waals surface area contributed by atoms with Gasteiger partial charge in [0.1, 0.15) is 0 Å². The third kappa shape index (κ3) is 5.83. The Morgan fingerprint density at radius 2 is 1.81 bits per heavy atom. The first-order valence-corrected chi connectivity index (χ1v) is 11.4. The average Bonchev–Trinajstić information content (AvgIpc) is 3.10. The number of aliphatic carboxylic acids is 1. The molecule has 9 heteroatoms. The Balaban J connectivity index is 1.66. The Labute approximate surface area is 167 Å². The largest absolute Gasteiger partial charge is 0.481 e. The normalized spacial score (nSPS) is 23.7. The lowest BCUT2D eigenvalue weighted by Crippen LogP contribution is -2.51. The van der Waals surface area contributed by atoms with Gasteiger partial charge in [0.25, 0.3) is 0 Å². The summed E-state index contributed by atoms with van der Waals surface area (Å²) in [5.41, 5.74) is 0. The minimum atomic E-state index is -0.873. The van der Waals surface area contributed by atoms with Gasteiger partial charge >= 0.3 is 12.0 Å². The summed E-state index contributed by atoms with van der Waals surface area (Å²) in [6, 6.07) is 0.296. The Kier molecular flexibility index (Phi) is 7.37. The molecule has 1 aromatic rings. The minimum Gasteiger partial charge on any atom is -0.481 e. The summed E-state index contributed by atoms with van der Waals surface area (Å²) in [7, 11) is 0. The van der Waals surface area contributed by atoms with Crippen LogP contribution in [0.4, 0.5) is 9.93 Å². The summed E-state index contributed by atoms with van der Waals surface area (Å²) in [6.07, 6.45) is 10.1. The molecule has 0 spiro atoms. The molecule has 3 rings (SSSR count). The topological polar surface area (TPSA) is 103 Å². The molecule has 2 fully saturated rings. The van der Waals surface area contributed by atoms with Crippen molar-refractivity contribution < 1.29 is 19.8 Å². The number of aliphatic hydroxyl groups is 1. The molecule has 27 heavy (non-hydrogen) atoms. The van der Waals surface area contributed by atoms with Gasteiger partial charge in [-0.25, -0.2) is 9.78 Å². The number of hydrogen-bond donors (Lipinski definition) is 3. The summed E-state index contributed by atoms with van der Waals surface area (Å²) < 4.78 is 0.776. The predicted octanol–water partition coefficient (Wildman–Crippen LogP) is 3.79. The number of nitrogens with one attached hydrogen (secondary N) is 1. The quantitative estimate of drug-likeness (QED) is 0.613. The second-order valence-corrected chi connectivity index (χ2v) is 9.56. The van der Waals surface area contributed by atoms with Crippen molar-refractivity contribution in [2.24, 2.45) is 0 Å². The van der Waals surface area contributed by atoms with E-state index in [0.29, 0.717) is 5.13 Å². The highest BCUT2D eigenvalue weighted by Crippen LogP contribution is 2.32. The first-order chi connectivity index (χ1) is 13.0. The number of anilines is 1. The standard InChI is InChI=1S/C18H27N3O4S2/c22-14-8-6-13(7-9-14)21(12-4-2-1-3-5-12)18(25)20-17-19-10-16(27-17)26-11-15(23)24/h10,12-14,22H,1-9,11H2,(H,23,24)(H,19,20,25)/t13-,14-. The van der Waals surface area contributed by atoms with E-state index in [1.54, 1.807) is 6.20 Å². The number of hydrogen-bond acceptors (Lipinski definition) is 6. The maximum atomic E-state index is 13.1. The molecule has 0 aromatic carbocycles. The van der Waals surface area contributed by atoms with Crippen molar-refractivity contribution in [3.63, 3.8) is 0 Å². The number of rotatable bonds is 6. The van der Waals surface area contributed by atoms with E-state index in [1.807, 2.05) is 4.90 Å². The van der Waals surface area contributed by atoms with E-state index < -0.39 is 5.97 Å². The number of carboxylic acid groups (broad SMARTS) is 1. The van der Waals surface area contributed by atoms with E-state index in [2.05, 4.69) is 10.3 Å². The lowest BCUT2D eigenvalue weighted by molar-refractivity contribution is -0.133. The zero-order valence-corrected chi connectivity index (χ0v) is 16.9. The summed E-state index contributed by atoms with van der Waals surface area (Å²) in [4.78, 5) is 30.0. The lowest BCUT2D eigenvalue weighted by Gasteiger charge is -2.42. The van der Waals surface area contributed by atoms with Gasteiger partial charge in [-0.05, 0) is 38.5 Å². The van der Waals surface area contributed by atoms with Gasteiger partial charge < -0.3 is 15.1 Å². The van der Waals surface area contributed by atoms with Crippen LogP contribution < -0.4 is 5.32 Å². The number of carbonyl (C=O) groups excluding carboxylic acids is 1. The van der Waals surface area contributed by atoms with Gasteiger partial charge in [0, 0.05) is 12.1 Å². The number of nitrogens with zero attached hydrogens (tertiary/aromatic N) is 2. The van der Waals surface area contributed by atoms with Crippen LogP contribution in [0.3, 0.4) is 0 Å². The highest BCUT2D eigenvalue weighted by Gasteiger charge is 2.34. The van der Waals surface area contributed by atoms with E-state index in [0.717, 1.165) is 55.6 Å². The monoisotopic (exact) mass is 413 g/mol. The minimum absolute atomic E-state index is 0.0197. The van der Waals surface area contributed by atoms with E-state index in [4.69, 9.17) is 5.11 Å². The lowest BCUT2D eigenvalue weighted by atomic mass is 9.88. The summed E-state index contributed by atoms with van der Waals surface area (Å²) in [6.45, 7) is 0. The Hall–Kier alpha value is -1.32. The molecule has 0 saturated heterocycles. The zero-order chi connectivity index (χ0) is 19.2. The van der Waals surface area contributed by atoms with E-state index in [-0.39, 0.29) is 30.0 Å². The maximum absolute atomic E-state index is 13.1. The predicted molar refractivity (Wildman–Crippen MR) is 106 cm³/mol. The molecule has 1 aromatic heterocycles. The van der Waals surface area contributed by atoms with Crippen molar-refractivity contribution in [3.8, 4) is 0 Å². The molecule has 150 valence electrons. The van der Waals surface area contributed by atoms with Crippen molar-refractivity contribution in [3.05, 3.63) is 6.20 Å². The van der Waals surface area contributed by atoms with E-state index in [9.17, 15) is 14.7 Å². The van der Waals surface area contributed by atoms with Gasteiger partial charge in [-0.1, -0.05) is 30.6 Å². The fourth-order valence-corrected chi connectivity index (χ4v) is 5.58. The average molecular weight is 414 g/mol. The highest BCUT2D eigenvalue weighted by atomic mass is 32.2. The smallest absolute Gasteiger partial charge is 0.324 e. The first kappa shape index (κ1) is 20.4. The van der Waals surface area contributed by atoms with Crippen LogP contribution in [0.5, 0.6) is 0 Å². The number of aliphatic hydroxyl groups excluding tert-OH is 1. The van der Waals surface area contributed by atoms with Crippen molar-refractivity contribution in [1.82, 2.24) is 9.88 Å². The van der Waals surface area contributed by atoms with Gasteiger partial charge in [0.15, 0.2) is 5.13 Å². The van der Waals surface area contributed by atoms with Crippen molar-refractivity contribution in [2.45, 2.75) is 80.2 Å². The Morgan fingerprint density at radius 3 is 2.48 bits per heavy atom. The summed E-state index contributed by atoms with van der Waals surface area (Å²) in [5, 5.41) is 22.0. The molecule has 0 bridgehead atoms. The van der Waals surface area contributed by atoms with E-state index in [1.165, 1.54) is 29.5 Å². The zero-order valence-electron chi connectivity index (χ0n) is 15.3. The van der Waals surface area contributed by atoms with Gasteiger partial charge in [-0.3, -0.25) is 10.1 Å². The maximum Gasteiger partial charge on any atom is 0.324 e. The fourth-order valence-electron chi connectivity index (χ4n) is 4.00. The third-order valence-corrected chi connectivity index (χ3v) is 7.39. The molecule has 3 N–H and O–H groups in total. The number of amides is 2. The molecule has 2 aliphatic carbocycles. The second-order valence-electron chi connectivity index (χ2n) is 7.26. The summed E-state index contributed by atoms with van der Waals surface area (Å²) >= 11 is 2.51. The third-order valence-electron chi connectivity index (χ3n) is 5.30. The van der Waals surface area contributed by atoms with Crippen molar-refractivity contribution in [2.75, 3.05) is 11.1 Å². The molecular formula is C18H27N3O4S2. The Bertz CT molecular complexity index is 640. The number of carbonyl (C=O) groups is 2. The van der Waals surface area contributed by atoms with Crippen molar-refractivity contribution in [1.29, 1.82) is 0 Å². The SMILES string of the molecule is O=C(O)CSc1cnc(NC(=O)N(C2CCCCC2)[C@H]2CC[C@H](O)CC2)s1. The summed E-state index contributed by atoms with van der Waals surface area (Å²) in [5.74, 6) is -0.893. The second kappa shape index (κ2) is 9.75. The molecule has 0 radical (unpaired) electrons. The van der Waals surface area contributed by atoms with Crippen LogP contribution in [0.25, 0.3) is 0 Å². The molecule has 0 atom stereocenters. The fraction of sp³-hybridized carbons (Fsp3) is 0.722. The number of urea groups is 1. The van der Waals surface area contributed by atoms with Crippen LogP contribution >= 0.6 is 23.1 Å².